The number of aromatic carboxylic acids is 1. The SMILES string of the molecule is CCOc1ccccc1NC(=O)CS(=O)Cc1cccc(C(=O)O)c1. The zero-order chi connectivity index (χ0) is 18.2. The van der Waals surface area contributed by atoms with E-state index in [0.29, 0.717) is 23.6 Å². The van der Waals surface area contributed by atoms with Gasteiger partial charge in [-0.1, -0.05) is 24.3 Å². The maximum atomic E-state index is 12.2. The number of hydrogen-bond acceptors (Lipinski definition) is 4. The van der Waals surface area contributed by atoms with Gasteiger partial charge >= 0.3 is 5.97 Å². The summed E-state index contributed by atoms with van der Waals surface area (Å²) in [5.41, 5.74) is 1.27. The third kappa shape index (κ3) is 5.72. The molecule has 1 unspecified atom stereocenters. The summed E-state index contributed by atoms with van der Waals surface area (Å²) in [7, 11) is -1.45. The van der Waals surface area contributed by atoms with Gasteiger partial charge in [0.2, 0.25) is 5.91 Å². The molecule has 0 aliphatic heterocycles. The van der Waals surface area contributed by atoms with Crippen LogP contribution in [0.5, 0.6) is 5.75 Å². The Morgan fingerprint density at radius 1 is 1.16 bits per heavy atom. The van der Waals surface area contributed by atoms with E-state index < -0.39 is 16.8 Å². The standard InChI is InChI=1S/C18H19NO5S/c1-2-24-16-9-4-3-8-15(16)19-17(20)12-25(23)11-13-6-5-7-14(10-13)18(21)22/h3-10H,2,11-12H2,1H3,(H,19,20)(H,21,22). The van der Waals surface area contributed by atoms with Crippen LogP contribution in [0.2, 0.25) is 0 Å². The first kappa shape index (κ1) is 18.7. The van der Waals surface area contributed by atoms with Gasteiger partial charge in [0, 0.05) is 16.6 Å². The highest BCUT2D eigenvalue weighted by atomic mass is 32.2. The third-order valence-electron chi connectivity index (χ3n) is 3.25. The zero-order valence-electron chi connectivity index (χ0n) is 13.7. The fourth-order valence-corrected chi connectivity index (χ4v) is 3.23. The molecular formula is C18H19NO5S. The molecule has 0 aliphatic carbocycles. The van der Waals surface area contributed by atoms with Crippen molar-refractivity contribution in [3.05, 3.63) is 59.7 Å². The van der Waals surface area contributed by atoms with Crippen LogP contribution in [0.25, 0.3) is 0 Å². The summed E-state index contributed by atoms with van der Waals surface area (Å²) in [4.78, 5) is 23.0. The number of carboxylic acids is 1. The van der Waals surface area contributed by atoms with E-state index in [4.69, 9.17) is 9.84 Å². The van der Waals surface area contributed by atoms with E-state index in [9.17, 15) is 13.8 Å². The molecule has 0 radical (unpaired) electrons. The van der Waals surface area contributed by atoms with Crippen molar-refractivity contribution in [1.82, 2.24) is 0 Å². The Morgan fingerprint density at radius 3 is 2.64 bits per heavy atom. The van der Waals surface area contributed by atoms with Gasteiger partial charge in [-0.3, -0.25) is 9.00 Å². The van der Waals surface area contributed by atoms with Crippen molar-refractivity contribution in [3.63, 3.8) is 0 Å². The number of hydrogen-bond donors (Lipinski definition) is 2. The van der Waals surface area contributed by atoms with Crippen LogP contribution in [0, 0.1) is 0 Å². The second kappa shape index (κ2) is 8.98. The van der Waals surface area contributed by atoms with E-state index in [0.717, 1.165) is 0 Å². The molecule has 2 rings (SSSR count). The summed E-state index contributed by atoms with van der Waals surface area (Å²) in [5, 5.41) is 11.7. The highest BCUT2D eigenvalue weighted by molar-refractivity contribution is 7.84. The number of carbonyl (C=O) groups is 2. The number of amides is 1. The van der Waals surface area contributed by atoms with Crippen molar-refractivity contribution in [2.75, 3.05) is 17.7 Å². The zero-order valence-corrected chi connectivity index (χ0v) is 14.5. The van der Waals surface area contributed by atoms with Crippen LogP contribution in [-0.4, -0.2) is 33.6 Å². The molecule has 25 heavy (non-hydrogen) atoms. The molecule has 7 heteroatoms. The Labute approximate surface area is 148 Å². The van der Waals surface area contributed by atoms with Crippen LogP contribution in [0.15, 0.2) is 48.5 Å². The monoisotopic (exact) mass is 361 g/mol. The van der Waals surface area contributed by atoms with Crippen LogP contribution in [0.4, 0.5) is 5.69 Å². The molecule has 0 aliphatic rings. The van der Waals surface area contributed by atoms with Gasteiger partial charge in [0.25, 0.3) is 0 Å². The number of carboxylic acid groups (broad SMARTS) is 1. The van der Waals surface area contributed by atoms with Gasteiger partial charge in [-0.05, 0) is 36.8 Å². The van der Waals surface area contributed by atoms with E-state index in [2.05, 4.69) is 5.32 Å². The van der Waals surface area contributed by atoms with Crippen LogP contribution in [0.1, 0.15) is 22.8 Å². The van der Waals surface area contributed by atoms with Crippen molar-refractivity contribution in [2.45, 2.75) is 12.7 Å². The Bertz CT molecular complexity index is 791. The molecule has 1 atom stereocenters. The molecular weight excluding hydrogens is 342 g/mol. The molecule has 0 spiro atoms. The predicted octanol–water partition coefficient (Wildman–Crippen LogP) is 2.67. The lowest BCUT2D eigenvalue weighted by atomic mass is 10.1. The van der Waals surface area contributed by atoms with Crippen molar-refractivity contribution in [3.8, 4) is 5.75 Å². The van der Waals surface area contributed by atoms with E-state index in [-0.39, 0.29) is 23.0 Å². The topological polar surface area (TPSA) is 92.7 Å². The first-order chi connectivity index (χ1) is 12.0. The van der Waals surface area contributed by atoms with Crippen molar-refractivity contribution in [2.24, 2.45) is 0 Å². The largest absolute Gasteiger partial charge is 0.492 e. The minimum Gasteiger partial charge on any atom is -0.492 e. The Balaban J connectivity index is 1.96. The van der Waals surface area contributed by atoms with Crippen molar-refractivity contribution >= 4 is 28.4 Å². The van der Waals surface area contributed by atoms with E-state index in [1.807, 2.05) is 6.92 Å². The lowest BCUT2D eigenvalue weighted by Crippen LogP contribution is -2.20. The molecule has 0 aromatic heterocycles. The molecule has 0 heterocycles. The number of rotatable bonds is 8. The molecule has 2 aromatic carbocycles. The number of ether oxygens (including phenoxy) is 1. The van der Waals surface area contributed by atoms with E-state index in [1.165, 1.54) is 12.1 Å². The summed E-state index contributed by atoms with van der Waals surface area (Å²) in [6.07, 6.45) is 0. The highest BCUT2D eigenvalue weighted by Gasteiger charge is 2.12. The Hall–Kier alpha value is -2.67. The van der Waals surface area contributed by atoms with Gasteiger partial charge in [0.1, 0.15) is 11.5 Å². The normalized spacial score (nSPS) is 11.6. The number of anilines is 1. The van der Waals surface area contributed by atoms with Gasteiger partial charge in [-0.2, -0.15) is 0 Å². The molecule has 1 amide bonds. The fourth-order valence-electron chi connectivity index (χ4n) is 2.21. The summed E-state index contributed by atoms with van der Waals surface area (Å²) in [6, 6.07) is 13.2. The fraction of sp³-hybridized carbons (Fsp3) is 0.222. The molecule has 0 fully saturated rings. The summed E-state index contributed by atoms with van der Waals surface area (Å²) in [6.45, 7) is 2.32. The average Bonchev–Trinajstić information content (AvgIpc) is 2.57. The highest BCUT2D eigenvalue weighted by Crippen LogP contribution is 2.23. The third-order valence-corrected chi connectivity index (χ3v) is 4.49. The predicted molar refractivity (Wildman–Crippen MR) is 96.4 cm³/mol. The maximum absolute atomic E-state index is 12.2. The number of nitrogens with one attached hydrogen (secondary N) is 1. The molecule has 0 saturated heterocycles. The molecule has 0 saturated carbocycles. The Kier molecular flexibility index (Phi) is 6.71. The first-order valence-electron chi connectivity index (χ1n) is 7.68. The minimum absolute atomic E-state index is 0.113. The number of carbonyl (C=O) groups excluding carboxylic acids is 1. The quantitative estimate of drug-likeness (QED) is 0.754. The molecule has 2 N–H and O–H groups in total. The second-order valence-electron chi connectivity index (χ2n) is 5.21. The second-order valence-corrected chi connectivity index (χ2v) is 6.67. The van der Waals surface area contributed by atoms with Gasteiger partial charge in [-0.15, -0.1) is 0 Å². The first-order valence-corrected chi connectivity index (χ1v) is 9.17. The molecule has 6 nitrogen and oxygen atoms in total. The van der Waals surface area contributed by atoms with Gasteiger partial charge in [-0.25, -0.2) is 4.79 Å². The number of para-hydroxylation sites is 2. The van der Waals surface area contributed by atoms with Crippen molar-refractivity contribution in [1.29, 1.82) is 0 Å². The molecule has 132 valence electrons. The van der Waals surface area contributed by atoms with E-state index >= 15 is 0 Å². The lowest BCUT2D eigenvalue weighted by molar-refractivity contribution is -0.113. The van der Waals surface area contributed by atoms with Crippen LogP contribution in [0.3, 0.4) is 0 Å². The minimum atomic E-state index is -1.45. The van der Waals surface area contributed by atoms with Crippen LogP contribution in [-0.2, 0) is 21.3 Å². The summed E-state index contributed by atoms with van der Waals surface area (Å²) in [5.74, 6) is -0.949. The number of benzene rings is 2. The van der Waals surface area contributed by atoms with E-state index in [1.54, 1.807) is 36.4 Å². The summed E-state index contributed by atoms with van der Waals surface area (Å²) >= 11 is 0. The van der Waals surface area contributed by atoms with Gasteiger partial charge in [0.15, 0.2) is 0 Å². The maximum Gasteiger partial charge on any atom is 0.335 e. The lowest BCUT2D eigenvalue weighted by Gasteiger charge is -2.11. The van der Waals surface area contributed by atoms with Crippen LogP contribution < -0.4 is 10.1 Å². The molecule has 2 aromatic rings. The molecule has 0 bridgehead atoms. The van der Waals surface area contributed by atoms with Crippen LogP contribution >= 0.6 is 0 Å². The van der Waals surface area contributed by atoms with Gasteiger partial charge < -0.3 is 15.2 Å². The average molecular weight is 361 g/mol. The smallest absolute Gasteiger partial charge is 0.335 e. The van der Waals surface area contributed by atoms with Gasteiger partial charge in [0.05, 0.1) is 17.9 Å². The summed E-state index contributed by atoms with van der Waals surface area (Å²) < 4.78 is 17.6. The Morgan fingerprint density at radius 2 is 1.92 bits per heavy atom. The van der Waals surface area contributed by atoms with Crippen molar-refractivity contribution < 1.29 is 23.6 Å².